The number of aromatic nitrogens is 1. The Kier molecular flexibility index (Phi) is 7.05. The van der Waals surface area contributed by atoms with Gasteiger partial charge in [-0.25, -0.2) is 9.78 Å². The summed E-state index contributed by atoms with van der Waals surface area (Å²) in [4.78, 5) is 23.6. The van der Waals surface area contributed by atoms with Crippen LogP contribution in [-0.2, 0) is 4.74 Å². The quantitative estimate of drug-likeness (QED) is 0.410. The fourth-order valence-corrected chi connectivity index (χ4v) is 5.23. The summed E-state index contributed by atoms with van der Waals surface area (Å²) in [5, 5.41) is 3.02. The molecule has 0 bridgehead atoms. The molecule has 0 aliphatic carbocycles. The number of rotatable bonds is 3. The average Bonchev–Trinajstić information content (AvgIpc) is 3.01. The molecule has 1 amide bonds. The minimum absolute atomic E-state index is 0.246. The van der Waals surface area contributed by atoms with E-state index in [0.717, 1.165) is 49.9 Å². The minimum Gasteiger partial charge on any atom is -0.444 e. The summed E-state index contributed by atoms with van der Waals surface area (Å²) in [7, 11) is 0. The van der Waals surface area contributed by atoms with E-state index in [1.165, 1.54) is 0 Å². The average molecular weight is 484 g/mol. The van der Waals surface area contributed by atoms with Gasteiger partial charge >= 0.3 is 6.09 Å². The molecular weight excluding hydrogens is 454 g/mol. The van der Waals surface area contributed by atoms with Crippen molar-refractivity contribution in [2.75, 3.05) is 31.1 Å². The number of benzene rings is 2. The first-order chi connectivity index (χ1) is 15.7. The topological polar surface area (TPSA) is 45.7 Å². The van der Waals surface area contributed by atoms with Crippen molar-refractivity contribution in [2.24, 2.45) is 0 Å². The number of halogens is 1. The number of hydrogen-bond donors (Lipinski definition) is 0. The van der Waals surface area contributed by atoms with E-state index in [2.05, 4.69) is 36.1 Å². The van der Waals surface area contributed by atoms with Crippen molar-refractivity contribution in [3.63, 3.8) is 0 Å². The summed E-state index contributed by atoms with van der Waals surface area (Å²) in [5.74, 6) is 0.955. The van der Waals surface area contributed by atoms with Gasteiger partial charge in [-0.2, -0.15) is 0 Å². The van der Waals surface area contributed by atoms with Crippen LogP contribution < -0.4 is 4.90 Å². The molecule has 2 aromatic carbocycles. The summed E-state index contributed by atoms with van der Waals surface area (Å²) < 4.78 is 5.57. The van der Waals surface area contributed by atoms with Gasteiger partial charge in [0.1, 0.15) is 11.4 Å². The Morgan fingerprint density at radius 2 is 1.91 bits per heavy atom. The first-order valence-electron chi connectivity index (χ1n) is 11.3. The normalized spacial score (nSPS) is 14.9. The predicted octanol–water partition coefficient (Wildman–Crippen LogP) is 6.80. The molecule has 1 saturated heterocycles. The predicted molar refractivity (Wildman–Crippen MR) is 137 cm³/mol. The standard InChI is InChI=1S/C26H30ClN3O2S/c1-18-7-5-8-22(27)23(18)33-20-10-9-19-11-12-28-24(21(19)17-20)29-13-6-14-30(16-15-29)25(31)32-26(2,3)4/h5,7-12,17H,6,13-16H2,1-4H3. The van der Waals surface area contributed by atoms with Crippen molar-refractivity contribution >= 4 is 46.0 Å². The van der Waals surface area contributed by atoms with Crippen LogP contribution in [0.4, 0.5) is 10.6 Å². The van der Waals surface area contributed by atoms with E-state index in [9.17, 15) is 4.79 Å². The molecule has 0 spiro atoms. The van der Waals surface area contributed by atoms with E-state index in [-0.39, 0.29) is 6.09 Å². The number of hydrogen-bond acceptors (Lipinski definition) is 5. The Hall–Kier alpha value is -2.44. The largest absolute Gasteiger partial charge is 0.444 e. The van der Waals surface area contributed by atoms with Crippen molar-refractivity contribution in [2.45, 2.75) is 49.5 Å². The van der Waals surface area contributed by atoms with Crippen LogP contribution in [0, 0.1) is 6.92 Å². The van der Waals surface area contributed by atoms with Crippen LogP contribution in [0.3, 0.4) is 0 Å². The number of carbonyl (C=O) groups excluding carboxylic acids is 1. The summed E-state index contributed by atoms with van der Waals surface area (Å²) >= 11 is 8.14. The van der Waals surface area contributed by atoms with Gasteiger partial charge in [0.05, 0.1) is 5.02 Å². The van der Waals surface area contributed by atoms with Crippen LogP contribution in [0.15, 0.2) is 58.5 Å². The number of aryl methyl sites for hydroxylation is 1. The van der Waals surface area contributed by atoms with E-state index in [1.54, 1.807) is 16.7 Å². The second kappa shape index (κ2) is 9.82. The second-order valence-electron chi connectivity index (χ2n) is 9.31. The molecule has 0 unspecified atom stereocenters. The van der Waals surface area contributed by atoms with Gasteiger partial charge < -0.3 is 14.5 Å². The third-order valence-corrected chi connectivity index (χ3v) is 7.21. The Morgan fingerprint density at radius 1 is 1.09 bits per heavy atom. The molecular formula is C26H30ClN3O2S. The van der Waals surface area contributed by atoms with E-state index >= 15 is 0 Å². The van der Waals surface area contributed by atoms with Crippen LogP contribution in [0.2, 0.25) is 5.02 Å². The lowest BCUT2D eigenvalue weighted by molar-refractivity contribution is 0.0263. The molecule has 1 fully saturated rings. The summed E-state index contributed by atoms with van der Waals surface area (Å²) in [6.45, 7) is 10.6. The van der Waals surface area contributed by atoms with Gasteiger partial charge in [0.25, 0.3) is 0 Å². The number of carbonyl (C=O) groups is 1. The van der Waals surface area contributed by atoms with Gasteiger partial charge in [-0.1, -0.05) is 41.6 Å². The second-order valence-corrected chi connectivity index (χ2v) is 10.8. The summed E-state index contributed by atoms with van der Waals surface area (Å²) in [6.07, 6.45) is 2.48. The van der Waals surface area contributed by atoms with Crippen molar-refractivity contribution in [3.05, 3.63) is 59.2 Å². The highest BCUT2D eigenvalue weighted by Gasteiger charge is 2.25. The maximum atomic E-state index is 12.6. The Balaban J connectivity index is 1.58. The van der Waals surface area contributed by atoms with Crippen LogP contribution in [0.5, 0.6) is 0 Å². The lowest BCUT2D eigenvalue weighted by Crippen LogP contribution is -2.39. The lowest BCUT2D eigenvalue weighted by atomic mass is 10.1. The summed E-state index contributed by atoms with van der Waals surface area (Å²) in [5.41, 5.74) is 0.669. The fraction of sp³-hybridized carbons (Fsp3) is 0.385. The highest BCUT2D eigenvalue weighted by atomic mass is 35.5. The smallest absolute Gasteiger partial charge is 0.410 e. The fourth-order valence-electron chi connectivity index (χ4n) is 3.95. The molecule has 1 aliphatic rings. The van der Waals surface area contributed by atoms with Crippen LogP contribution in [0.1, 0.15) is 32.8 Å². The molecule has 7 heteroatoms. The highest BCUT2D eigenvalue weighted by Crippen LogP contribution is 2.38. The Morgan fingerprint density at radius 3 is 2.67 bits per heavy atom. The molecule has 1 aromatic heterocycles. The molecule has 1 aliphatic heterocycles. The molecule has 5 nitrogen and oxygen atoms in total. The summed E-state index contributed by atoms with van der Waals surface area (Å²) in [6, 6.07) is 14.5. The molecule has 3 aromatic rings. The zero-order chi connectivity index (χ0) is 23.6. The van der Waals surface area contributed by atoms with Gasteiger partial charge in [-0.3, -0.25) is 0 Å². The first kappa shape index (κ1) is 23.7. The van der Waals surface area contributed by atoms with Crippen molar-refractivity contribution in [1.82, 2.24) is 9.88 Å². The highest BCUT2D eigenvalue weighted by molar-refractivity contribution is 7.99. The number of pyridine rings is 1. The molecule has 4 rings (SSSR count). The van der Waals surface area contributed by atoms with Crippen molar-refractivity contribution < 1.29 is 9.53 Å². The SMILES string of the molecule is Cc1cccc(Cl)c1Sc1ccc2ccnc(N3CCCN(C(=O)OC(C)(C)C)CC3)c2c1. The maximum absolute atomic E-state index is 12.6. The minimum atomic E-state index is -0.492. The number of amides is 1. The zero-order valence-electron chi connectivity index (χ0n) is 19.6. The number of fused-ring (bicyclic) bond motifs is 1. The third-order valence-electron chi connectivity index (χ3n) is 5.55. The third kappa shape index (κ3) is 5.74. The molecule has 2 heterocycles. The van der Waals surface area contributed by atoms with Gasteiger partial charge in [0.15, 0.2) is 0 Å². The maximum Gasteiger partial charge on any atom is 0.410 e. The van der Waals surface area contributed by atoms with Crippen molar-refractivity contribution in [1.29, 1.82) is 0 Å². The van der Waals surface area contributed by atoms with Gasteiger partial charge in [0.2, 0.25) is 0 Å². The van der Waals surface area contributed by atoms with Crippen LogP contribution >= 0.6 is 23.4 Å². The van der Waals surface area contributed by atoms with Gasteiger partial charge in [-0.05, 0) is 69.3 Å². The number of nitrogens with zero attached hydrogens (tertiary/aromatic N) is 3. The van der Waals surface area contributed by atoms with Crippen molar-refractivity contribution in [3.8, 4) is 0 Å². The molecule has 0 saturated carbocycles. The Labute approximate surface area is 205 Å². The molecule has 0 atom stereocenters. The van der Waals surface area contributed by atoms with Crippen LogP contribution in [-0.4, -0.2) is 47.8 Å². The zero-order valence-corrected chi connectivity index (χ0v) is 21.2. The van der Waals surface area contributed by atoms with Gasteiger partial charge in [0, 0.05) is 47.6 Å². The van der Waals surface area contributed by atoms with E-state index in [4.69, 9.17) is 21.3 Å². The van der Waals surface area contributed by atoms with Crippen LogP contribution in [0.25, 0.3) is 10.8 Å². The van der Waals surface area contributed by atoms with E-state index in [1.807, 2.05) is 45.2 Å². The monoisotopic (exact) mass is 483 g/mol. The first-order valence-corrected chi connectivity index (χ1v) is 12.5. The Bertz CT molecular complexity index is 1140. The van der Waals surface area contributed by atoms with E-state index < -0.39 is 5.60 Å². The van der Waals surface area contributed by atoms with Gasteiger partial charge in [-0.15, -0.1) is 0 Å². The number of anilines is 1. The molecule has 174 valence electrons. The lowest BCUT2D eigenvalue weighted by Gasteiger charge is -2.27. The number of ether oxygens (including phenoxy) is 1. The molecule has 0 radical (unpaired) electrons. The van der Waals surface area contributed by atoms with E-state index in [0.29, 0.717) is 19.6 Å². The molecule has 0 N–H and O–H groups in total. The molecule has 33 heavy (non-hydrogen) atoms.